The summed E-state index contributed by atoms with van der Waals surface area (Å²) in [5.41, 5.74) is 5.74. The summed E-state index contributed by atoms with van der Waals surface area (Å²) in [6.45, 7) is 0.0649. The van der Waals surface area contributed by atoms with E-state index in [0.29, 0.717) is 18.5 Å². The van der Waals surface area contributed by atoms with Crippen LogP contribution in [0.1, 0.15) is 29.6 Å². The van der Waals surface area contributed by atoms with Gasteiger partial charge in [0.05, 0.1) is 5.56 Å². The van der Waals surface area contributed by atoms with E-state index in [0.717, 1.165) is 23.6 Å². The average molecular weight is 340 g/mol. The van der Waals surface area contributed by atoms with E-state index in [1.165, 1.54) is 4.90 Å². The van der Waals surface area contributed by atoms with E-state index in [1.807, 2.05) is 30.3 Å². The molecule has 0 aliphatic carbocycles. The third-order valence-corrected chi connectivity index (χ3v) is 4.46. The molecule has 2 aromatic carbocycles. The lowest BCUT2D eigenvalue weighted by Crippen LogP contribution is -2.51. The summed E-state index contributed by atoms with van der Waals surface area (Å²) in [5, 5.41) is 1.95. The lowest BCUT2D eigenvalue weighted by atomic mass is 10.0. The van der Waals surface area contributed by atoms with Crippen molar-refractivity contribution in [2.75, 3.05) is 13.2 Å². The predicted octanol–water partition coefficient (Wildman–Crippen LogP) is 1.86. The number of primary amides is 1. The highest BCUT2D eigenvalue weighted by Gasteiger charge is 2.31. The molecule has 1 aliphatic rings. The Bertz CT molecular complexity index is 818. The second kappa shape index (κ2) is 7.34. The van der Waals surface area contributed by atoms with E-state index in [2.05, 4.69) is 0 Å². The minimum absolute atomic E-state index is 0.386. The number of hydrogen-bond donors (Lipinski definition) is 1. The molecule has 25 heavy (non-hydrogen) atoms. The van der Waals surface area contributed by atoms with Crippen LogP contribution in [0.15, 0.2) is 42.5 Å². The number of likely N-dealkylation sites (tertiary alicyclic amines) is 1. The standard InChI is InChI=1S/C19H20N2O4/c20-18(23)16-7-3-4-10-21(16)17(22)12-25-19(24)15-9-8-13-5-1-2-6-14(13)11-15/h1-2,5-6,8-9,11,16H,3-4,7,10,12H2,(H2,20,23)/t16-/m1/s1. The van der Waals surface area contributed by atoms with Gasteiger partial charge in [-0.25, -0.2) is 4.79 Å². The molecule has 0 bridgehead atoms. The number of nitrogens with two attached hydrogens (primary N) is 1. The molecule has 0 unspecified atom stereocenters. The van der Waals surface area contributed by atoms with Gasteiger partial charge in [0.2, 0.25) is 5.91 Å². The fourth-order valence-electron chi connectivity index (χ4n) is 3.14. The topological polar surface area (TPSA) is 89.7 Å². The van der Waals surface area contributed by atoms with Crippen molar-refractivity contribution in [2.24, 2.45) is 5.73 Å². The van der Waals surface area contributed by atoms with Gasteiger partial charge in [0.1, 0.15) is 6.04 Å². The van der Waals surface area contributed by atoms with Crippen LogP contribution < -0.4 is 5.73 Å². The maximum absolute atomic E-state index is 12.3. The first kappa shape index (κ1) is 17.0. The number of amides is 2. The minimum atomic E-state index is -0.611. The highest BCUT2D eigenvalue weighted by molar-refractivity contribution is 5.96. The number of esters is 1. The highest BCUT2D eigenvalue weighted by atomic mass is 16.5. The Kier molecular flexibility index (Phi) is 4.97. The molecule has 1 atom stereocenters. The molecule has 0 saturated carbocycles. The highest BCUT2D eigenvalue weighted by Crippen LogP contribution is 2.18. The Balaban J connectivity index is 1.64. The van der Waals surface area contributed by atoms with Crippen LogP contribution in [0.3, 0.4) is 0 Å². The van der Waals surface area contributed by atoms with E-state index < -0.39 is 30.4 Å². The number of fused-ring (bicyclic) bond motifs is 1. The number of ether oxygens (including phenoxy) is 1. The number of carbonyl (C=O) groups excluding carboxylic acids is 3. The molecule has 2 aromatic rings. The van der Waals surface area contributed by atoms with Gasteiger partial charge in [-0.3, -0.25) is 9.59 Å². The molecule has 0 radical (unpaired) electrons. The van der Waals surface area contributed by atoms with Crippen molar-refractivity contribution in [3.05, 3.63) is 48.0 Å². The molecule has 2 N–H and O–H groups in total. The number of rotatable bonds is 4. The van der Waals surface area contributed by atoms with E-state index in [9.17, 15) is 14.4 Å². The van der Waals surface area contributed by atoms with Gasteiger partial charge in [-0.15, -0.1) is 0 Å². The molecule has 1 fully saturated rings. The molecule has 2 amide bonds. The third kappa shape index (κ3) is 3.79. The fraction of sp³-hybridized carbons (Fsp3) is 0.316. The van der Waals surface area contributed by atoms with Gasteiger partial charge in [0.25, 0.3) is 5.91 Å². The second-order valence-corrected chi connectivity index (χ2v) is 6.14. The molecule has 1 heterocycles. The monoisotopic (exact) mass is 340 g/mol. The fourth-order valence-corrected chi connectivity index (χ4v) is 3.14. The summed E-state index contributed by atoms with van der Waals surface area (Å²) in [6.07, 6.45) is 2.22. The molecule has 0 aromatic heterocycles. The molecule has 1 aliphatic heterocycles. The maximum Gasteiger partial charge on any atom is 0.338 e. The Morgan fingerprint density at radius 1 is 1.08 bits per heavy atom. The van der Waals surface area contributed by atoms with Crippen molar-refractivity contribution in [3.8, 4) is 0 Å². The molecule has 130 valence electrons. The van der Waals surface area contributed by atoms with Gasteiger partial charge in [0.15, 0.2) is 6.61 Å². The minimum Gasteiger partial charge on any atom is -0.452 e. The first-order valence-corrected chi connectivity index (χ1v) is 8.31. The van der Waals surface area contributed by atoms with Crippen LogP contribution in [-0.4, -0.2) is 41.9 Å². The summed E-state index contributed by atoms with van der Waals surface area (Å²) < 4.78 is 5.14. The van der Waals surface area contributed by atoms with Crippen LogP contribution in [0.5, 0.6) is 0 Å². The van der Waals surface area contributed by atoms with E-state index in [-0.39, 0.29) is 0 Å². The second-order valence-electron chi connectivity index (χ2n) is 6.14. The first-order chi connectivity index (χ1) is 12.1. The van der Waals surface area contributed by atoms with E-state index in [4.69, 9.17) is 10.5 Å². The van der Waals surface area contributed by atoms with E-state index >= 15 is 0 Å². The summed E-state index contributed by atoms with van der Waals surface area (Å²) in [4.78, 5) is 37.4. The van der Waals surface area contributed by atoms with Crippen LogP contribution in [0, 0.1) is 0 Å². The zero-order valence-corrected chi connectivity index (χ0v) is 13.8. The van der Waals surface area contributed by atoms with Crippen molar-refractivity contribution in [1.82, 2.24) is 4.90 Å². The lowest BCUT2D eigenvalue weighted by molar-refractivity contribution is -0.143. The van der Waals surface area contributed by atoms with Crippen LogP contribution in [0.2, 0.25) is 0 Å². The van der Waals surface area contributed by atoms with E-state index in [1.54, 1.807) is 12.1 Å². The summed E-state index contributed by atoms with van der Waals surface area (Å²) in [6, 6.07) is 12.3. The van der Waals surface area contributed by atoms with Gasteiger partial charge in [0, 0.05) is 6.54 Å². The Morgan fingerprint density at radius 3 is 2.60 bits per heavy atom. The lowest BCUT2D eigenvalue weighted by Gasteiger charge is -2.33. The summed E-state index contributed by atoms with van der Waals surface area (Å²) in [5.74, 6) is -1.47. The largest absolute Gasteiger partial charge is 0.452 e. The quantitative estimate of drug-likeness (QED) is 0.860. The average Bonchev–Trinajstić information content (AvgIpc) is 2.65. The Morgan fingerprint density at radius 2 is 1.84 bits per heavy atom. The molecular weight excluding hydrogens is 320 g/mol. The molecular formula is C19H20N2O4. The van der Waals surface area contributed by atoms with Crippen LogP contribution in [0.4, 0.5) is 0 Å². The summed E-state index contributed by atoms with van der Waals surface area (Å²) >= 11 is 0. The van der Waals surface area contributed by atoms with Crippen LogP contribution >= 0.6 is 0 Å². The molecule has 6 nitrogen and oxygen atoms in total. The predicted molar refractivity (Wildman–Crippen MR) is 92.8 cm³/mol. The van der Waals surface area contributed by atoms with Gasteiger partial charge < -0.3 is 15.4 Å². The van der Waals surface area contributed by atoms with Crippen LogP contribution in [0.25, 0.3) is 10.8 Å². The van der Waals surface area contributed by atoms with Crippen molar-refractivity contribution >= 4 is 28.6 Å². The molecule has 0 spiro atoms. The molecule has 1 saturated heterocycles. The molecule has 6 heteroatoms. The summed E-state index contributed by atoms with van der Waals surface area (Å²) in [7, 11) is 0. The maximum atomic E-state index is 12.3. The third-order valence-electron chi connectivity index (χ3n) is 4.46. The zero-order valence-electron chi connectivity index (χ0n) is 13.8. The van der Waals surface area contributed by atoms with Crippen molar-refractivity contribution < 1.29 is 19.1 Å². The zero-order chi connectivity index (χ0) is 17.8. The number of piperidine rings is 1. The number of nitrogens with zero attached hydrogens (tertiary/aromatic N) is 1. The van der Waals surface area contributed by atoms with Gasteiger partial charge >= 0.3 is 5.97 Å². The first-order valence-electron chi connectivity index (χ1n) is 8.31. The van der Waals surface area contributed by atoms with Crippen molar-refractivity contribution in [3.63, 3.8) is 0 Å². The number of carbonyl (C=O) groups is 3. The normalized spacial score (nSPS) is 17.3. The Labute approximate surface area is 145 Å². The van der Waals surface area contributed by atoms with Gasteiger partial charge in [-0.05, 0) is 42.2 Å². The van der Waals surface area contributed by atoms with Crippen LogP contribution in [-0.2, 0) is 14.3 Å². The van der Waals surface area contributed by atoms with Crippen molar-refractivity contribution in [1.29, 1.82) is 0 Å². The van der Waals surface area contributed by atoms with Crippen molar-refractivity contribution in [2.45, 2.75) is 25.3 Å². The molecule has 3 rings (SSSR count). The number of hydrogen-bond acceptors (Lipinski definition) is 4. The Hall–Kier alpha value is -2.89. The number of benzene rings is 2. The van der Waals surface area contributed by atoms with Gasteiger partial charge in [-0.1, -0.05) is 30.3 Å². The smallest absolute Gasteiger partial charge is 0.338 e. The van der Waals surface area contributed by atoms with Gasteiger partial charge in [-0.2, -0.15) is 0 Å². The SMILES string of the molecule is NC(=O)[C@H]1CCCCN1C(=O)COC(=O)c1ccc2ccccc2c1.